The molecular weight excluding hydrogens is 314 g/mol. The third kappa shape index (κ3) is 5.10. The van der Waals surface area contributed by atoms with Crippen molar-refractivity contribution >= 4 is 15.9 Å². The van der Waals surface area contributed by atoms with Crippen LogP contribution in [0.2, 0.25) is 0 Å². The monoisotopic (exact) mass is 341 g/mol. The molecule has 0 bridgehead atoms. The molecule has 20 heavy (non-hydrogen) atoms. The van der Waals surface area contributed by atoms with Crippen molar-refractivity contribution in [2.75, 3.05) is 14.2 Å². The maximum atomic E-state index is 5.32. The van der Waals surface area contributed by atoms with Crippen LogP contribution in [0.15, 0.2) is 22.7 Å². The Morgan fingerprint density at radius 3 is 2.45 bits per heavy atom. The summed E-state index contributed by atoms with van der Waals surface area (Å²) < 4.78 is 6.47. The minimum absolute atomic E-state index is 0.348. The molecule has 1 N–H and O–H groups in total. The summed E-state index contributed by atoms with van der Waals surface area (Å²) in [5.74, 6) is 1.59. The molecule has 0 aliphatic carbocycles. The Hall–Kier alpha value is -0.540. The van der Waals surface area contributed by atoms with Crippen LogP contribution in [0.1, 0.15) is 39.7 Å². The van der Waals surface area contributed by atoms with Crippen molar-refractivity contribution in [1.29, 1.82) is 0 Å². The fourth-order valence-electron chi connectivity index (χ4n) is 2.18. The van der Waals surface area contributed by atoms with Crippen molar-refractivity contribution in [2.24, 2.45) is 11.3 Å². The summed E-state index contributed by atoms with van der Waals surface area (Å²) >= 11 is 3.64. The van der Waals surface area contributed by atoms with E-state index in [1.165, 1.54) is 12.0 Å². The topological polar surface area (TPSA) is 21.3 Å². The highest BCUT2D eigenvalue weighted by molar-refractivity contribution is 9.10. The van der Waals surface area contributed by atoms with Gasteiger partial charge in [-0.1, -0.05) is 43.6 Å². The average molecular weight is 342 g/mol. The standard InChI is InChI=1S/C17H28BrNO/c1-12(17(2,3)4)9-14(19-5)10-13-11-15(20-6)7-8-16(13)18/h7-8,11-12,14,19H,9-10H2,1-6H3. The zero-order chi connectivity index (χ0) is 15.3. The zero-order valence-electron chi connectivity index (χ0n) is 13.6. The number of hydrogen-bond acceptors (Lipinski definition) is 2. The van der Waals surface area contributed by atoms with Gasteiger partial charge in [-0.15, -0.1) is 0 Å². The van der Waals surface area contributed by atoms with E-state index in [4.69, 9.17) is 4.74 Å². The third-order valence-corrected chi connectivity index (χ3v) is 5.02. The second kappa shape index (κ2) is 7.46. The molecule has 0 heterocycles. The van der Waals surface area contributed by atoms with Crippen molar-refractivity contribution in [3.05, 3.63) is 28.2 Å². The van der Waals surface area contributed by atoms with Gasteiger partial charge in [0.2, 0.25) is 0 Å². The molecule has 3 heteroatoms. The van der Waals surface area contributed by atoms with E-state index < -0.39 is 0 Å². The molecule has 1 aromatic rings. The molecule has 0 aliphatic heterocycles. The Balaban J connectivity index is 2.78. The van der Waals surface area contributed by atoms with Gasteiger partial charge in [-0.2, -0.15) is 0 Å². The van der Waals surface area contributed by atoms with Crippen LogP contribution in [0, 0.1) is 11.3 Å². The van der Waals surface area contributed by atoms with Gasteiger partial charge in [-0.3, -0.25) is 0 Å². The van der Waals surface area contributed by atoms with Gasteiger partial charge in [-0.05, 0) is 55.0 Å². The van der Waals surface area contributed by atoms with Crippen molar-refractivity contribution in [3.63, 3.8) is 0 Å². The van der Waals surface area contributed by atoms with Crippen LogP contribution in [0.3, 0.4) is 0 Å². The summed E-state index contributed by atoms with van der Waals surface area (Å²) in [6, 6.07) is 6.65. The van der Waals surface area contributed by atoms with Gasteiger partial charge in [0.25, 0.3) is 0 Å². The average Bonchev–Trinajstić information content (AvgIpc) is 2.39. The molecule has 0 aromatic heterocycles. The minimum atomic E-state index is 0.348. The number of nitrogens with one attached hydrogen (secondary N) is 1. The predicted molar refractivity (Wildman–Crippen MR) is 90.5 cm³/mol. The van der Waals surface area contributed by atoms with Crippen LogP contribution < -0.4 is 10.1 Å². The van der Waals surface area contributed by atoms with Crippen LogP contribution >= 0.6 is 15.9 Å². The molecule has 1 rings (SSSR count). The van der Waals surface area contributed by atoms with E-state index in [0.29, 0.717) is 17.4 Å². The smallest absolute Gasteiger partial charge is 0.119 e. The lowest BCUT2D eigenvalue weighted by Crippen LogP contribution is -2.33. The van der Waals surface area contributed by atoms with E-state index in [1.54, 1.807) is 7.11 Å². The summed E-state index contributed by atoms with van der Waals surface area (Å²) in [7, 11) is 3.76. The molecule has 0 saturated heterocycles. The quantitative estimate of drug-likeness (QED) is 0.812. The molecule has 0 fully saturated rings. The number of benzene rings is 1. The number of halogens is 1. The third-order valence-electron chi connectivity index (χ3n) is 4.24. The Morgan fingerprint density at radius 1 is 1.30 bits per heavy atom. The lowest BCUT2D eigenvalue weighted by atomic mass is 9.78. The first-order valence-electron chi connectivity index (χ1n) is 7.27. The van der Waals surface area contributed by atoms with Crippen molar-refractivity contribution in [1.82, 2.24) is 5.32 Å². The SMILES string of the molecule is CNC(Cc1cc(OC)ccc1Br)CC(C)C(C)(C)C. The maximum Gasteiger partial charge on any atom is 0.119 e. The molecule has 2 nitrogen and oxygen atoms in total. The highest BCUT2D eigenvalue weighted by Crippen LogP contribution is 2.31. The van der Waals surface area contributed by atoms with E-state index in [9.17, 15) is 0 Å². The van der Waals surface area contributed by atoms with Gasteiger partial charge >= 0.3 is 0 Å². The van der Waals surface area contributed by atoms with Gasteiger partial charge in [0.1, 0.15) is 5.75 Å². The second-order valence-electron chi connectivity index (χ2n) is 6.65. The molecule has 0 saturated carbocycles. The van der Waals surface area contributed by atoms with E-state index >= 15 is 0 Å². The van der Waals surface area contributed by atoms with Gasteiger partial charge in [0.05, 0.1) is 7.11 Å². The van der Waals surface area contributed by atoms with E-state index in [-0.39, 0.29) is 0 Å². The van der Waals surface area contributed by atoms with E-state index in [2.05, 4.69) is 61.1 Å². The Kier molecular flexibility index (Phi) is 6.53. The Bertz CT molecular complexity index is 425. The lowest BCUT2D eigenvalue weighted by molar-refractivity contribution is 0.225. The van der Waals surface area contributed by atoms with Crippen LogP contribution in [-0.2, 0) is 6.42 Å². The first-order valence-corrected chi connectivity index (χ1v) is 8.07. The van der Waals surface area contributed by atoms with Crippen LogP contribution in [0.5, 0.6) is 5.75 Å². The van der Waals surface area contributed by atoms with Crippen LogP contribution in [0.25, 0.3) is 0 Å². The summed E-state index contributed by atoms with van der Waals surface area (Å²) in [6.45, 7) is 9.27. The number of methoxy groups -OCH3 is 1. The Morgan fingerprint density at radius 2 is 1.95 bits per heavy atom. The number of ether oxygens (including phenoxy) is 1. The molecule has 2 atom stereocenters. The highest BCUT2D eigenvalue weighted by Gasteiger charge is 2.23. The van der Waals surface area contributed by atoms with Gasteiger partial charge < -0.3 is 10.1 Å². The Labute approximate surface area is 132 Å². The predicted octanol–water partition coefficient (Wildman–Crippen LogP) is 4.66. The summed E-state index contributed by atoms with van der Waals surface area (Å²) in [4.78, 5) is 0. The lowest BCUT2D eigenvalue weighted by Gasteiger charge is -2.31. The summed E-state index contributed by atoms with van der Waals surface area (Å²) in [5.41, 5.74) is 1.64. The fraction of sp³-hybridized carbons (Fsp3) is 0.647. The summed E-state index contributed by atoms with van der Waals surface area (Å²) in [6.07, 6.45) is 2.18. The van der Waals surface area contributed by atoms with Crippen molar-refractivity contribution < 1.29 is 4.74 Å². The van der Waals surface area contributed by atoms with Gasteiger partial charge in [0, 0.05) is 10.5 Å². The largest absolute Gasteiger partial charge is 0.497 e. The normalized spacial score (nSPS) is 14.9. The molecule has 0 radical (unpaired) electrons. The minimum Gasteiger partial charge on any atom is -0.497 e. The molecule has 2 unspecified atom stereocenters. The van der Waals surface area contributed by atoms with Crippen LogP contribution in [0.4, 0.5) is 0 Å². The first kappa shape index (κ1) is 17.5. The zero-order valence-corrected chi connectivity index (χ0v) is 15.2. The second-order valence-corrected chi connectivity index (χ2v) is 7.50. The van der Waals surface area contributed by atoms with E-state index in [1.807, 2.05) is 13.1 Å². The van der Waals surface area contributed by atoms with Gasteiger partial charge in [-0.25, -0.2) is 0 Å². The fourth-order valence-corrected chi connectivity index (χ4v) is 2.59. The molecule has 114 valence electrons. The molecule has 1 aromatic carbocycles. The van der Waals surface area contributed by atoms with Gasteiger partial charge in [0.15, 0.2) is 0 Å². The summed E-state index contributed by atoms with van der Waals surface area (Å²) in [5, 5.41) is 3.46. The van der Waals surface area contributed by atoms with Crippen LogP contribution in [-0.4, -0.2) is 20.2 Å². The maximum absolute atomic E-state index is 5.32. The molecule has 0 amide bonds. The number of likely N-dealkylation sites (N-methyl/N-ethyl adjacent to an activating group) is 1. The van der Waals surface area contributed by atoms with E-state index in [0.717, 1.165) is 16.6 Å². The molecular formula is C17H28BrNO. The highest BCUT2D eigenvalue weighted by atomic mass is 79.9. The van der Waals surface area contributed by atoms with Crippen molar-refractivity contribution in [2.45, 2.75) is 46.6 Å². The number of rotatable bonds is 6. The molecule has 0 spiro atoms. The number of hydrogen-bond donors (Lipinski definition) is 1. The first-order chi connectivity index (χ1) is 9.27. The molecule has 0 aliphatic rings. The van der Waals surface area contributed by atoms with Crippen molar-refractivity contribution in [3.8, 4) is 5.75 Å².